The molecule has 0 aliphatic carbocycles. The number of rotatable bonds is 6. The fraction of sp³-hybridized carbons (Fsp3) is 0.500. The number of nitro groups is 1. The Balaban J connectivity index is 2.37. The molecule has 1 amide bonds. The summed E-state index contributed by atoms with van der Waals surface area (Å²) in [7, 11) is 0. The molecule has 2 rings (SSSR count). The number of non-ortho nitro benzene ring substituents is 1. The molecule has 7 heteroatoms. The Kier molecular flexibility index (Phi) is 5.31. The number of hydrogen-bond acceptors (Lipinski definition) is 4. The summed E-state index contributed by atoms with van der Waals surface area (Å²) in [6, 6.07) is 5.24. The Morgan fingerprint density at radius 3 is 2.57 bits per heavy atom. The number of nitro benzene ring substituents is 1. The number of amides is 1. The number of carboxylic acids is 1. The van der Waals surface area contributed by atoms with E-state index in [1.165, 1.54) is 12.1 Å². The largest absolute Gasteiger partial charge is 0.481 e. The standard InChI is InChI=1S/C16H20N2O5/c1-2-3-10-17-14(19)9-8-13(16(20)21)15(17)11-4-6-12(7-5-11)18(22)23/h4-7,13,15H,2-3,8-10H2,1H3,(H,20,21)/t13-,15-/m1/s1. The van der Waals surface area contributed by atoms with E-state index in [1.807, 2.05) is 6.92 Å². The van der Waals surface area contributed by atoms with Gasteiger partial charge >= 0.3 is 5.97 Å². The molecule has 1 aromatic carbocycles. The Labute approximate surface area is 134 Å². The number of carboxylic acid groups (broad SMARTS) is 1. The fourth-order valence-corrected chi connectivity index (χ4v) is 3.01. The second-order valence-corrected chi connectivity index (χ2v) is 5.72. The van der Waals surface area contributed by atoms with Crippen LogP contribution in [0.2, 0.25) is 0 Å². The quantitative estimate of drug-likeness (QED) is 0.641. The zero-order chi connectivity index (χ0) is 17.0. The molecule has 1 aliphatic heterocycles. The molecular formula is C16H20N2O5. The van der Waals surface area contributed by atoms with Crippen LogP contribution in [-0.4, -0.2) is 33.4 Å². The van der Waals surface area contributed by atoms with Crippen LogP contribution >= 0.6 is 0 Å². The number of unbranched alkanes of at least 4 members (excludes halogenated alkanes) is 1. The molecule has 1 fully saturated rings. The van der Waals surface area contributed by atoms with Crippen molar-refractivity contribution in [1.29, 1.82) is 0 Å². The predicted octanol–water partition coefficient (Wildman–Crippen LogP) is 2.76. The second kappa shape index (κ2) is 7.21. The molecule has 23 heavy (non-hydrogen) atoms. The van der Waals surface area contributed by atoms with Crippen LogP contribution < -0.4 is 0 Å². The molecule has 1 aromatic rings. The highest BCUT2D eigenvalue weighted by Gasteiger charge is 2.40. The van der Waals surface area contributed by atoms with Crippen molar-refractivity contribution in [3.05, 3.63) is 39.9 Å². The van der Waals surface area contributed by atoms with Crippen molar-refractivity contribution in [3.63, 3.8) is 0 Å². The van der Waals surface area contributed by atoms with Crippen LogP contribution in [0, 0.1) is 16.0 Å². The molecule has 7 nitrogen and oxygen atoms in total. The maximum atomic E-state index is 12.3. The van der Waals surface area contributed by atoms with E-state index < -0.39 is 22.9 Å². The number of benzene rings is 1. The molecule has 124 valence electrons. The molecule has 0 unspecified atom stereocenters. The summed E-state index contributed by atoms with van der Waals surface area (Å²) in [5.41, 5.74) is 0.579. The predicted molar refractivity (Wildman–Crippen MR) is 82.8 cm³/mol. The number of nitrogens with zero attached hydrogens (tertiary/aromatic N) is 2. The van der Waals surface area contributed by atoms with Crippen LogP contribution in [0.4, 0.5) is 5.69 Å². The number of carbonyl (C=O) groups is 2. The minimum absolute atomic E-state index is 0.0529. The van der Waals surface area contributed by atoms with E-state index in [4.69, 9.17) is 0 Å². The zero-order valence-corrected chi connectivity index (χ0v) is 13.0. The highest BCUT2D eigenvalue weighted by molar-refractivity contribution is 5.81. The highest BCUT2D eigenvalue weighted by atomic mass is 16.6. The molecular weight excluding hydrogens is 300 g/mol. The molecule has 0 aromatic heterocycles. The molecule has 0 radical (unpaired) electrons. The monoisotopic (exact) mass is 320 g/mol. The van der Waals surface area contributed by atoms with E-state index in [2.05, 4.69) is 0 Å². The molecule has 0 saturated carbocycles. The molecule has 1 heterocycles. The van der Waals surface area contributed by atoms with Crippen molar-refractivity contribution in [2.75, 3.05) is 6.54 Å². The number of piperidine rings is 1. The maximum absolute atomic E-state index is 12.3. The topological polar surface area (TPSA) is 101 Å². The van der Waals surface area contributed by atoms with Gasteiger partial charge in [0.1, 0.15) is 0 Å². The van der Waals surface area contributed by atoms with Crippen LogP contribution in [0.5, 0.6) is 0 Å². The molecule has 1 N–H and O–H groups in total. The van der Waals surface area contributed by atoms with Gasteiger partial charge in [0.15, 0.2) is 0 Å². The number of likely N-dealkylation sites (tertiary alicyclic amines) is 1. The van der Waals surface area contributed by atoms with Crippen molar-refractivity contribution < 1.29 is 19.6 Å². The van der Waals surface area contributed by atoms with E-state index in [-0.39, 0.29) is 18.0 Å². The lowest BCUT2D eigenvalue weighted by atomic mass is 9.84. The minimum Gasteiger partial charge on any atom is -0.481 e. The lowest BCUT2D eigenvalue weighted by Crippen LogP contribution is -2.45. The first-order valence-corrected chi connectivity index (χ1v) is 7.72. The Morgan fingerprint density at radius 2 is 2.04 bits per heavy atom. The third-order valence-electron chi connectivity index (χ3n) is 4.22. The van der Waals surface area contributed by atoms with Crippen molar-refractivity contribution in [2.24, 2.45) is 5.92 Å². The Bertz CT molecular complexity index is 599. The minimum atomic E-state index is -0.942. The van der Waals surface area contributed by atoms with Gasteiger partial charge in [-0.2, -0.15) is 0 Å². The normalized spacial score (nSPS) is 21.3. The van der Waals surface area contributed by atoms with Crippen molar-refractivity contribution >= 4 is 17.6 Å². The molecule has 0 bridgehead atoms. The second-order valence-electron chi connectivity index (χ2n) is 5.72. The van der Waals surface area contributed by atoms with E-state index in [1.54, 1.807) is 17.0 Å². The number of aliphatic carboxylic acids is 1. The third kappa shape index (κ3) is 3.67. The van der Waals surface area contributed by atoms with E-state index >= 15 is 0 Å². The van der Waals surface area contributed by atoms with Gasteiger partial charge in [0.05, 0.1) is 16.9 Å². The lowest BCUT2D eigenvalue weighted by molar-refractivity contribution is -0.384. The van der Waals surface area contributed by atoms with Gasteiger partial charge in [0.2, 0.25) is 5.91 Å². The van der Waals surface area contributed by atoms with Gasteiger partial charge in [-0.05, 0) is 18.4 Å². The Hall–Kier alpha value is -2.44. The summed E-state index contributed by atoms with van der Waals surface area (Å²) in [6.07, 6.45) is 2.21. The summed E-state index contributed by atoms with van der Waals surface area (Å²) >= 11 is 0. The summed E-state index contributed by atoms with van der Waals surface area (Å²) in [4.78, 5) is 35.7. The first-order chi connectivity index (χ1) is 11.0. The smallest absolute Gasteiger partial charge is 0.308 e. The first-order valence-electron chi connectivity index (χ1n) is 7.72. The van der Waals surface area contributed by atoms with Gasteiger partial charge in [0.25, 0.3) is 5.69 Å². The zero-order valence-electron chi connectivity index (χ0n) is 13.0. The average Bonchev–Trinajstić information content (AvgIpc) is 2.53. The van der Waals surface area contributed by atoms with Gasteiger partial charge < -0.3 is 10.0 Å². The summed E-state index contributed by atoms with van der Waals surface area (Å²) < 4.78 is 0. The van der Waals surface area contributed by atoms with Crippen LogP contribution in [0.25, 0.3) is 0 Å². The van der Waals surface area contributed by atoms with E-state index in [0.29, 0.717) is 18.5 Å². The van der Waals surface area contributed by atoms with Crippen molar-refractivity contribution in [1.82, 2.24) is 4.90 Å². The summed E-state index contributed by atoms with van der Waals surface area (Å²) in [5.74, 6) is -1.69. The van der Waals surface area contributed by atoms with Crippen LogP contribution in [0.3, 0.4) is 0 Å². The fourth-order valence-electron chi connectivity index (χ4n) is 3.01. The van der Waals surface area contributed by atoms with Crippen LogP contribution in [-0.2, 0) is 9.59 Å². The molecule has 0 spiro atoms. The number of hydrogen-bond donors (Lipinski definition) is 1. The van der Waals surface area contributed by atoms with Gasteiger partial charge in [-0.1, -0.05) is 25.5 Å². The lowest BCUT2D eigenvalue weighted by Gasteiger charge is -2.39. The van der Waals surface area contributed by atoms with Gasteiger partial charge in [-0.3, -0.25) is 19.7 Å². The van der Waals surface area contributed by atoms with Crippen LogP contribution in [0.1, 0.15) is 44.2 Å². The van der Waals surface area contributed by atoms with Gasteiger partial charge in [0, 0.05) is 25.1 Å². The molecule has 2 atom stereocenters. The van der Waals surface area contributed by atoms with Gasteiger partial charge in [-0.25, -0.2) is 0 Å². The average molecular weight is 320 g/mol. The highest BCUT2D eigenvalue weighted by Crippen LogP contribution is 2.37. The number of carbonyl (C=O) groups excluding carboxylic acids is 1. The SMILES string of the molecule is CCCCN1C(=O)CC[C@@H](C(=O)O)[C@H]1c1ccc([N+](=O)[O-])cc1. The van der Waals surface area contributed by atoms with E-state index in [9.17, 15) is 24.8 Å². The van der Waals surface area contributed by atoms with Crippen molar-refractivity contribution in [3.8, 4) is 0 Å². The van der Waals surface area contributed by atoms with Gasteiger partial charge in [-0.15, -0.1) is 0 Å². The summed E-state index contributed by atoms with van der Waals surface area (Å²) in [6.45, 7) is 2.50. The molecule has 1 saturated heterocycles. The van der Waals surface area contributed by atoms with Crippen molar-refractivity contribution in [2.45, 2.75) is 38.6 Å². The third-order valence-corrected chi connectivity index (χ3v) is 4.22. The summed E-state index contributed by atoms with van der Waals surface area (Å²) in [5, 5.41) is 20.3. The maximum Gasteiger partial charge on any atom is 0.308 e. The Morgan fingerprint density at radius 1 is 1.39 bits per heavy atom. The molecule has 1 aliphatic rings. The first kappa shape index (κ1) is 16.9. The van der Waals surface area contributed by atoms with Crippen LogP contribution in [0.15, 0.2) is 24.3 Å². The van der Waals surface area contributed by atoms with E-state index in [0.717, 1.165) is 12.8 Å².